The lowest BCUT2D eigenvalue weighted by atomic mass is 10.1. The summed E-state index contributed by atoms with van der Waals surface area (Å²) in [6.45, 7) is 4.18. The summed E-state index contributed by atoms with van der Waals surface area (Å²) in [5.41, 5.74) is 2.27. The predicted octanol–water partition coefficient (Wildman–Crippen LogP) is 3.63. The van der Waals surface area contributed by atoms with E-state index in [1.54, 1.807) is 12.4 Å². The van der Waals surface area contributed by atoms with Crippen molar-refractivity contribution in [1.82, 2.24) is 10.3 Å². The van der Waals surface area contributed by atoms with Crippen molar-refractivity contribution in [3.05, 3.63) is 65.7 Å². The summed E-state index contributed by atoms with van der Waals surface area (Å²) in [5, 5.41) is 3.48. The Kier molecular flexibility index (Phi) is 4.05. The Morgan fingerprint density at radius 2 is 1.39 bits per heavy atom. The lowest BCUT2D eigenvalue weighted by Gasteiger charge is -2.20. The largest absolute Gasteiger partial charge is 0.304 e. The first kappa shape index (κ1) is 12.7. The highest BCUT2D eigenvalue weighted by molar-refractivity contribution is 5.21. The van der Waals surface area contributed by atoms with Gasteiger partial charge in [-0.2, -0.15) is 0 Å². The van der Waals surface area contributed by atoms with Crippen LogP contribution < -0.4 is 5.32 Å². The number of pyridine rings is 1. The van der Waals surface area contributed by atoms with Crippen LogP contribution >= 0.6 is 0 Å². The molecule has 2 nitrogen and oxygen atoms in total. The molecule has 1 N–H and O–H groups in total. The van der Waals surface area contributed by atoms with E-state index in [9.17, 15) is 4.39 Å². The van der Waals surface area contributed by atoms with Crippen LogP contribution in [-0.4, -0.2) is 4.98 Å². The molecule has 0 aliphatic heterocycles. The molecule has 2 aromatic rings. The van der Waals surface area contributed by atoms with Crippen LogP contribution in [0.5, 0.6) is 0 Å². The molecule has 2 atom stereocenters. The second-order valence-electron chi connectivity index (χ2n) is 4.44. The van der Waals surface area contributed by atoms with Gasteiger partial charge in [0.05, 0.1) is 0 Å². The van der Waals surface area contributed by atoms with Crippen LogP contribution in [0.15, 0.2) is 48.8 Å². The highest BCUT2D eigenvalue weighted by atomic mass is 19.1. The number of rotatable bonds is 4. The summed E-state index contributed by atoms with van der Waals surface area (Å²) in [6, 6.07) is 11.0. The number of halogens is 1. The van der Waals surface area contributed by atoms with E-state index in [1.165, 1.54) is 17.7 Å². The molecular weight excluding hydrogens is 227 g/mol. The van der Waals surface area contributed by atoms with E-state index in [-0.39, 0.29) is 17.9 Å². The fourth-order valence-electron chi connectivity index (χ4n) is 1.97. The molecule has 1 unspecified atom stereocenters. The Balaban J connectivity index is 2.03. The fraction of sp³-hybridized carbons (Fsp3) is 0.267. The van der Waals surface area contributed by atoms with E-state index in [0.29, 0.717) is 0 Å². The quantitative estimate of drug-likeness (QED) is 0.888. The van der Waals surface area contributed by atoms with Crippen LogP contribution in [0.25, 0.3) is 0 Å². The van der Waals surface area contributed by atoms with Crippen LogP contribution in [0.2, 0.25) is 0 Å². The monoisotopic (exact) mass is 244 g/mol. The van der Waals surface area contributed by atoms with Gasteiger partial charge in [-0.1, -0.05) is 12.1 Å². The molecule has 0 bridgehead atoms. The first-order valence-corrected chi connectivity index (χ1v) is 6.08. The lowest BCUT2D eigenvalue weighted by Crippen LogP contribution is -2.22. The molecule has 18 heavy (non-hydrogen) atoms. The molecule has 0 radical (unpaired) electrons. The first-order chi connectivity index (χ1) is 8.66. The van der Waals surface area contributed by atoms with E-state index < -0.39 is 0 Å². The van der Waals surface area contributed by atoms with Crippen LogP contribution in [0, 0.1) is 5.82 Å². The first-order valence-electron chi connectivity index (χ1n) is 6.08. The maximum Gasteiger partial charge on any atom is 0.123 e. The van der Waals surface area contributed by atoms with E-state index in [1.807, 2.05) is 24.3 Å². The summed E-state index contributed by atoms with van der Waals surface area (Å²) < 4.78 is 12.9. The summed E-state index contributed by atoms with van der Waals surface area (Å²) in [6.07, 6.45) is 3.58. The summed E-state index contributed by atoms with van der Waals surface area (Å²) in [5.74, 6) is -0.201. The zero-order valence-corrected chi connectivity index (χ0v) is 10.6. The van der Waals surface area contributed by atoms with Gasteiger partial charge in [-0.3, -0.25) is 4.98 Å². The predicted molar refractivity (Wildman–Crippen MR) is 70.6 cm³/mol. The number of hydrogen-bond donors (Lipinski definition) is 1. The van der Waals surface area contributed by atoms with Crippen molar-refractivity contribution in [3.63, 3.8) is 0 Å². The SMILES string of the molecule is CC(N[C@H](C)c1ccncc1)c1ccc(F)cc1. The normalized spacial score (nSPS) is 14.2. The van der Waals surface area contributed by atoms with Crippen LogP contribution in [-0.2, 0) is 0 Å². The second kappa shape index (κ2) is 5.74. The Bertz CT molecular complexity index is 482. The van der Waals surface area contributed by atoms with Crippen molar-refractivity contribution >= 4 is 0 Å². The van der Waals surface area contributed by atoms with Gasteiger partial charge in [0.15, 0.2) is 0 Å². The third-order valence-corrected chi connectivity index (χ3v) is 3.08. The smallest absolute Gasteiger partial charge is 0.123 e. The molecular formula is C15H17FN2. The van der Waals surface area contributed by atoms with Gasteiger partial charge in [-0.15, -0.1) is 0 Å². The molecule has 0 aliphatic rings. The van der Waals surface area contributed by atoms with Crippen LogP contribution in [0.4, 0.5) is 4.39 Å². The van der Waals surface area contributed by atoms with E-state index in [4.69, 9.17) is 0 Å². The third kappa shape index (κ3) is 3.14. The standard InChI is InChI=1S/C15H17FN2/c1-11(13-3-5-15(16)6-4-13)18-12(2)14-7-9-17-10-8-14/h3-12,18H,1-2H3/t11?,12-/m1/s1. The van der Waals surface area contributed by atoms with Gasteiger partial charge in [0.25, 0.3) is 0 Å². The van der Waals surface area contributed by atoms with Crippen molar-refractivity contribution < 1.29 is 4.39 Å². The van der Waals surface area contributed by atoms with Crippen molar-refractivity contribution in [2.45, 2.75) is 25.9 Å². The molecule has 0 fully saturated rings. The molecule has 0 saturated heterocycles. The molecule has 0 spiro atoms. The van der Waals surface area contributed by atoms with Crippen molar-refractivity contribution in [2.75, 3.05) is 0 Å². The number of aromatic nitrogens is 1. The topological polar surface area (TPSA) is 24.9 Å². The number of hydrogen-bond acceptors (Lipinski definition) is 2. The molecule has 2 rings (SSSR count). The minimum Gasteiger partial charge on any atom is -0.304 e. The Morgan fingerprint density at radius 3 is 1.94 bits per heavy atom. The lowest BCUT2D eigenvalue weighted by molar-refractivity contribution is 0.493. The third-order valence-electron chi connectivity index (χ3n) is 3.08. The highest BCUT2D eigenvalue weighted by Crippen LogP contribution is 2.19. The molecule has 1 heterocycles. The van der Waals surface area contributed by atoms with E-state index in [0.717, 1.165) is 5.56 Å². The summed E-state index contributed by atoms with van der Waals surface area (Å²) >= 11 is 0. The zero-order valence-electron chi connectivity index (χ0n) is 10.6. The highest BCUT2D eigenvalue weighted by Gasteiger charge is 2.10. The van der Waals surface area contributed by atoms with E-state index >= 15 is 0 Å². The molecule has 3 heteroatoms. The van der Waals surface area contributed by atoms with Gasteiger partial charge in [0, 0.05) is 24.5 Å². The molecule has 0 saturated carbocycles. The fourth-order valence-corrected chi connectivity index (χ4v) is 1.97. The van der Waals surface area contributed by atoms with E-state index in [2.05, 4.69) is 24.1 Å². The molecule has 0 amide bonds. The number of benzene rings is 1. The van der Waals surface area contributed by atoms with Gasteiger partial charge >= 0.3 is 0 Å². The van der Waals surface area contributed by atoms with Gasteiger partial charge in [-0.05, 0) is 49.2 Å². The Morgan fingerprint density at radius 1 is 0.889 bits per heavy atom. The van der Waals surface area contributed by atoms with Crippen molar-refractivity contribution in [3.8, 4) is 0 Å². The summed E-state index contributed by atoms with van der Waals surface area (Å²) in [7, 11) is 0. The van der Waals surface area contributed by atoms with Gasteiger partial charge in [-0.25, -0.2) is 4.39 Å². The summed E-state index contributed by atoms with van der Waals surface area (Å²) in [4.78, 5) is 4.01. The average molecular weight is 244 g/mol. The van der Waals surface area contributed by atoms with Gasteiger partial charge in [0.2, 0.25) is 0 Å². The second-order valence-corrected chi connectivity index (χ2v) is 4.44. The zero-order chi connectivity index (χ0) is 13.0. The molecule has 1 aromatic heterocycles. The van der Waals surface area contributed by atoms with Crippen molar-refractivity contribution in [1.29, 1.82) is 0 Å². The molecule has 0 aliphatic carbocycles. The molecule has 94 valence electrons. The Labute approximate surface area is 107 Å². The number of nitrogens with one attached hydrogen (secondary N) is 1. The average Bonchev–Trinajstić information content (AvgIpc) is 2.40. The minimum absolute atomic E-state index is 0.175. The van der Waals surface area contributed by atoms with Crippen LogP contribution in [0.1, 0.15) is 37.1 Å². The van der Waals surface area contributed by atoms with Gasteiger partial charge < -0.3 is 5.32 Å². The van der Waals surface area contributed by atoms with Crippen LogP contribution in [0.3, 0.4) is 0 Å². The maximum absolute atomic E-state index is 12.9. The van der Waals surface area contributed by atoms with Gasteiger partial charge in [0.1, 0.15) is 5.82 Å². The number of nitrogens with zero attached hydrogens (tertiary/aromatic N) is 1. The Hall–Kier alpha value is -1.74. The maximum atomic E-state index is 12.9. The molecule has 1 aromatic carbocycles. The van der Waals surface area contributed by atoms with Crippen molar-refractivity contribution in [2.24, 2.45) is 0 Å². The minimum atomic E-state index is -0.201.